The molecule has 1 aliphatic heterocycles. The molecule has 1 unspecified atom stereocenters. The summed E-state index contributed by atoms with van der Waals surface area (Å²) in [6.07, 6.45) is 0. The largest absolute Gasteiger partial charge is 0.348 e. The van der Waals surface area contributed by atoms with Crippen molar-refractivity contribution in [2.75, 3.05) is 13.6 Å². The van der Waals surface area contributed by atoms with E-state index in [0.29, 0.717) is 6.04 Å². The van der Waals surface area contributed by atoms with Crippen molar-refractivity contribution < 1.29 is 0 Å². The highest BCUT2D eigenvalue weighted by molar-refractivity contribution is 14.0. The van der Waals surface area contributed by atoms with Crippen LogP contribution in [0, 0.1) is 0 Å². The van der Waals surface area contributed by atoms with Crippen LogP contribution < -0.4 is 5.32 Å². The Kier molecular flexibility index (Phi) is 6.07. The number of thiophene rings is 1. The van der Waals surface area contributed by atoms with Gasteiger partial charge in [0.25, 0.3) is 0 Å². The highest BCUT2D eigenvalue weighted by Gasteiger charge is 2.21. The first-order chi connectivity index (χ1) is 9.72. The average Bonchev–Trinajstić information content (AvgIpc) is 3.09. The third-order valence-corrected chi connectivity index (χ3v) is 4.99. The molecule has 1 N–H and O–H groups in total. The van der Waals surface area contributed by atoms with Crippen molar-refractivity contribution in [1.82, 2.24) is 10.2 Å². The molecule has 6 heteroatoms. The second-order valence-electron chi connectivity index (χ2n) is 4.86. The van der Waals surface area contributed by atoms with Gasteiger partial charge in [0, 0.05) is 21.8 Å². The predicted molar refractivity (Wildman–Crippen MR) is 104 cm³/mol. The van der Waals surface area contributed by atoms with Gasteiger partial charge in [-0.3, -0.25) is 4.99 Å². The third kappa shape index (κ3) is 4.20. The minimum atomic E-state index is 0. The highest BCUT2D eigenvalue weighted by Crippen LogP contribution is 2.22. The van der Waals surface area contributed by atoms with Crippen LogP contribution >= 0.6 is 51.2 Å². The van der Waals surface area contributed by atoms with Crippen molar-refractivity contribution in [3.63, 3.8) is 0 Å². The SMILES string of the molecule is CN(Cc1cc(Br)cs1)C1=NCC(c2ccccc2)N1.I. The van der Waals surface area contributed by atoms with Crippen molar-refractivity contribution in [3.05, 3.63) is 56.7 Å². The molecule has 0 amide bonds. The summed E-state index contributed by atoms with van der Waals surface area (Å²) in [5, 5.41) is 5.61. The van der Waals surface area contributed by atoms with E-state index in [0.717, 1.165) is 23.5 Å². The molecule has 0 fully saturated rings. The Morgan fingerprint density at radius 1 is 1.38 bits per heavy atom. The Balaban J connectivity index is 0.00000161. The molecule has 0 aliphatic carbocycles. The number of nitrogens with zero attached hydrogens (tertiary/aromatic N) is 2. The van der Waals surface area contributed by atoms with E-state index >= 15 is 0 Å². The summed E-state index contributed by atoms with van der Waals surface area (Å²) in [7, 11) is 2.08. The van der Waals surface area contributed by atoms with E-state index in [9.17, 15) is 0 Å². The van der Waals surface area contributed by atoms with Crippen LogP contribution in [-0.4, -0.2) is 24.5 Å². The lowest BCUT2D eigenvalue weighted by atomic mass is 10.1. The molecular weight excluding hydrogens is 461 g/mol. The monoisotopic (exact) mass is 477 g/mol. The molecule has 21 heavy (non-hydrogen) atoms. The number of hydrogen-bond donors (Lipinski definition) is 1. The summed E-state index contributed by atoms with van der Waals surface area (Å²) in [5.74, 6) is 0.975. The summed E-state index contributed by atoms with van der Waals surface area (Å²) in [5.41, 5.74) is 1.29. The van der Waals surface area contributed by atoms with E-state index in [2.05, 4.69) is 73.9 Å². The molecule has 3 nitrogen and oxygen atoms in total. The molecule has 112 valence electrons. The molecule has 3 rings (SSSR count). The van der Waals surface area contributed by atoms with Crippen LogP contribution in [-0.2, 0) is 6.54 Å². The maximum Gasteiger partial charge on any atom is 0.194 e. The molecule has 0 saturated heterocycles. The van der Waals surface area contributed by atoms with Crippen molar-refractivity contribution in [2.45, 2.75) is 12.6 Å². The van der Waals surface area contributed by atoms with E-state index in [1.807, 2.05) is 6.07 Å². The zero-order valence-corrected chi connectivity index (χ0v) is 16.4. The number of benzene rings is 1. The van der Waals surface area contributed by atoms with Gasteiger partial charge in [0.05, 0.1) is 19.1 Å². The Labute approximate surface area is 154 Å². The van der Waals surface area contributed by atoms with E-state index in [1.54, 1.807) is 11.3 Å². The van der Waals surface area contributed by atoms with Gasteiger partial charge >= 0.3 is 0 Å². The number of rotatable bonds is 3. The van der Waals surface area contributed by atoms with Crippen LogP contribution in [0.1, 0.15) is 16.5 Å². The summed E-state index contributed by atoms with van der Waals surface area (Å²) in [6, 6.07) is 12.9. The normalized spacial score (nSPS) is 16.9. The van der Waals surface area contributed by atoms with E-state index < -0.39 is 0 Å². The van der Waals surface area contributed by atoms with Gasteiger partial charge < -0.3 is 10.2 Å². The van der Waals surface area contributed by atoms with Gasteiger partial charge in [-0.15, -0.1) is 35.3 Å². The van der Waals surface area contributed by atoms with Gasteiger partial charge in [0.15, 0.2) is 5.96 Å². The molecule has 0 spiro atoms. The van der Waals surface area contributed by atoms with E-state index in [4.69, 9.17) is 0 Å². The average molecular weight is 478 g/mol. The van der Waals surface area contributed by atoms with Gasteiger partial charge in [-0.25, -0.2) is 0 Å². The topological polar surface area (TPSA) is 27.6 Å². The zero-order chi connectivity index (χ0) is 13.9. The highest BCUT2D eigenvalue weighted by atomic mass is 127. The van der Waals surface area contributed by atoms with Gasteiger partial charge in [0.2, 0.25) is 0 Å². The second kappa shape index (κ2) is 7.60. The number of aliphatic imine (C=N–C) groups is 1. The third-order valence-electron chi connectivity index (χ3n) is 3.31. The van der Waals surface area contributed by atoms with Gasteiger partial charge in [-0.1, -0.05) is 30.3 Å². The fourth-order valence-electron chi connectivity index (χ4n) is 2.28. The maximum absolute atomic E-state index is 4.62. The van der Waals surface area contributed by atoms with Crippen LogP contribution in [0.3, 0.4) is 0 Å². The Hall–Kier alpha value is -0.600. The quantitative estimate of drug-likeness (QED) is 0.669. The zero-order valence-electron chi connectivity index (χ0n) is 11.6. The Morgan fingerprint density at radius 3 is 2.81 bits per heavy atom. The van der Waals surface area contributed by atoms with Crippen molar-refractivity contribution in [1.29, 1.82) is 0 Å². The van der Waals surface area contributed by atoms with Crippen LogP contribution in [0.15, 0.2) is 51.2 Å². The molecule has 1 atom stereocenters. The van der Waals surface area contributed by atoms with Crippen molar-refractivity contribution >= 4 is 57.2 Å². The smallest absolute Gasteiger partial charge is 0.194 e. The second-order valence-corrected chi connectivity index (χ2v) is 6.77. The molecular formula is C15H17BrIN3S. The lowest BCUT2D eigenvalue weighted by Crippen LogP contribution is -2.36. The standard InChI is InChI=1S/C15H16BrN3S.HI/c1-19(9-13-7-12(16)10-20-13)15-17-8-14(18-15)11-5-3-2-4-6-11;/h2-7,10,14H,8-9H2,1H3,(H,17,18);1H. The summed E-state index contributed by atoms with van der Waals surface area (Å²) in [4.78, 5) is 8.11. The predicted octanol–water partition coefficient (Wildman–Crippen LogP) is 4.26. The lowest BCUT2D eigenvalue weighted by Gasteiger charge is -2.20. The number of nitrogens with one attached hydrogen (secondary N) is 1. The van der Waals surface area contributed by atoms with Crippen molar-refractivity contribution in [3.8, 4) is 0 Å². The molecule has 0 bridgehead atoms. The maximum atomic E-state index is 4.62. The molecule has 1 aromatic heterocycles. The minimum Gasteiger partial charge on any atom is -0.348 e. The van der Waals surface area contributed by atoms with E-state index in [-0.39, 0.29) is 24.0 Å². The number of halogens is 2. The van der Waals surface area contributed by atoms with Crippen molar-refractivity contribution in [2.24, 2.45) is 4.99 Å². The summed E-state index contributed by atoms with van der Waals surface area (Å²) < 4.78 is 1.15. The first-order valence-corrected chi connectivity index (χ1v) is 8.19. The Morgan fingerprint density at radius 2 is 2.14 bits per heavy atom. The first-order valence-electron chi connectivity index (χ1n) is 6.52. The van der Waals surface area contributed by atoms with Crippen LogP contribution in [0.4, 0.5) is 0 Å². The summed E-state index contributed by atoms with van der Waals surface area (Å²) in [6.45, 7) is 1.68. The first kappa shape index (κ1) is 16.8. The van der Waals surface area contributed by atoms with Gasteiger partial charge in [-0.05, 0) is 27.6 Å². The molecule has 2 heterocycles. The fourth-order valence-corrected chi connectivity index (χ4v) is 3.78. The summed E-state index contributed by atoms with van der Waals surface area (Å²) >= 11 is 5.25. The molecule has 2 aromatic rings. The lowest BCUT2D eigenvalue weighted by molar-refractivity contribution is 0.484. The molecule has 1 aromatic carbocycles. The van der Waals surface area contributed by atoms with Gasteiger partial charge in [0.1, 0.15) is 0 Å². The number of hydrogen-bond acceptors (Lipinski definition) is 4. The van der Waals surface area contributed by atoms with Crippen LogP contribution in [0.2, 0.25) is 0 Å². The van der Waals surface area contributed by atoms with Crippen LogP contribution in [0.25, 0.3) is 0 Å². The Bertz CT molecular complexity index is 614. The fraction of sp³-hybridized carbons (Fsp3) is 0.267. The molecule has 0 radical (unpaired) electrons. The molecule has 0 saturated carbocycles. The molecule has 1 aliphatic rings. The minimum absolute atomic E-state index is 0. The number of guanidine groups is 1. The van der Waals surface area contributed by atoms with Gasteiger partial charge in [-0.2, -0.15) is 0 Å². The van der Waals surface area contributed by atoms with Crippen LogP contribution in [0.5, 0.6) is 0 Å². The van der Waals surface area contributed by atoms with E-state index in [1.165, 1.54) is 10.4 Å².